The summed E-state index contributed by atoms with van der Waals surface area (Å²) in [5.41, 5.74) is 6.72. The van der Waals surface area contributed by atoms with Crippen molar-refractivity contribution in [2.24, 2.45) is 0 Å². The number of halogens is 6. The van der Waals surface area contributed by atoms with Gasteiger partial charge in [-0.2, -0.15) is 0 Å². The summed E-state index contributed by atoms with van der Waals surface area (Å²) in [5.74, 6) is -2.75. The van der Waals surface area contributed by atoms with Crippen LogP contribution in [0.2, 0.25) is 10.0 Å². The Morgan fingerprint density at radius 2 is 1.19 bits per heavy atom. The summed E-state index contributed by atoms with van der Waals surface area (Å²) in [6, 6.07) is 10.3. The second-order valence-electron chi connectivity index (χ2n) is 9.55. The largest absolute Gasteiger partial charge is 0.495 e. The van der Waals surface area contributed by atoms with E-state index >= 15 is 0 Å². The zero-order valence-electron chi connectivity index (χ0n) is 24.5. The Bertz CT molecular complexity index is 2210. The predicted molar refractivity (Wildman–Crippen MR) is 173 cm³/mol. The average molecular weight is 703 g/mol. The fraction of sp³-hybridized carbons (Fsp3) is 0.0667. The van der Waals surface area contributed by atoms with Crippen LogP contribution in [0, 0.1) is 33.4 Å². The topological polar surface area (TPSA) is 163 Å². The highest BCUT2D eigenvalue weighted by molar-refractivity contribution is 6.31. The molecule has 0 aliphatic carbocycles. The molecule has 2 heterocycles. The first kappa shape index (κ1) is 33.6. The van der Waals surface area contributed by atoms with E-state index in [1.54, 1.807) is 12.1 Å². The lowest BCUT2D eigenvalue weighted by molar-refractivity contribution is -0.385. The van der Waals surface area contributed by atoms with E-state index in [4.69, 9.17) is 38.4 Å². The van der Waals surface area contributed by atoms with Crippen molar-refractivity contribution >= 4 is 79.4 Å². The molecule has 48 heavy (non-hydrogen) atoms. The van der Waals surface area contributed by atoms with Crippen LogP contribution in [0.1, 0.15) is 0 Å². The molecule has 0 saturated heterocycles. The van der Waals surface area contributed by atoms with Gasteiger partial charge in [0.25, 0.3) is 0 Å². The number of methoxy groups -OCH3 is 2. The molecule has 0 amide bonds. The number of fused-ring (bicyclic) bond motifs is 2. The number of anilines is 5. The van der Waals surface area contributed by atoms with Gasteiger partial charge in [0, 0.05) is 23.6 Å². The van der Waals surface area contributed by atoms with Crippen molar-refractivity contribution in [3.8, 4) is 11.5 Å². The standard InChI is InChI=1S/C15H9ClF2N4O3.C15H11ClF2N4O/c1-25-12-5-10-7(4-11(12)22(23)24)15(20-6-19-10)21-9-3-2-8(17)13(16)14(9)18;1-23-12-5-11-7(4-9(12)19)15(21-6-20-11)22-10-3-2-8(17)13(16)14(10)18/h2-6H,1H3,(H,19,20,21);2-6H,19H2,1H3,(H,20,21,22). The van der Waals surface area contributed by atoms with Crippen molar-refractivity contribution in [2.75, 3.05) is 30.6 Å². The van der Waals surface area contributed by atoms with Crippen LogP contribution >= 0.6 is 23.2 Å². The third-order valence-electron chi connectivity index (χ3n) is 6.70. The molecule has 6 aromatic rings. The lowest BCUT2D eigenvalue weighted by atomic mass is 10.2. The van der Waals surface area contributed by atoms with Crippen LogP contribution in [0.5, 0.6) is 11.5 Å². The minimum atomic E-state index is -1.00. The fourth-order valence-corrected chi connectivity index (χ4v) is 4.68. The summed E-state index contributed by atoms with van der Waals surface area (Å²) in [6.45, 7) is 0. The number of hydrogen-bond acceptors (Lipinski definition) is 11. The Kier molecular flexibility index (Phi) is 9.76. The van der Waals surface area contributed by atoms with E-state index < -0.39 is 38.2 Å². The van der Waals surface area contributed by atoms with Gasteiger partial charge in [-0.05, 0) is 30.3 Å². The third kappa shape index (κ3) is 6.70. The molecule has 0 bridgehead atoms. The maximum Gasteiger partial charge on any atom is 0.311 e. The number of nitro benzene ring substituents is 1. The number of ether oxygens (including phenoxy) is 2. The molecule has 0 saturated carbocycles. The van der Waals surface area contributed by atoms with E-state index in [0.29, 0.717) is 33.7 Å². The van der Waals surface area contributed by atoms with Crippen LogP contribution in [0.4, 0.5) is 51.9 Å². The number of rotatable bonds is 7. The van der Waals surface area contributed by atoms with Gasteiger partial charge in [0.2, 0.25) is 0 Å². The van der Waals surface area contributed by atoms with Crippen molar-refractivity contribution in [2.45, 2.75) is 0 Å². The van der Waals surface area contributed by atoms with Crippen LogP contribution in [0.25, 0.3) is 21.8 Å². The number of aromatic nitrogens is 4. The van der Waals surface area contributed by atoms with Gasteiger partial charge < -0.3 is 25.8 Å². The first-order chi connectivity index (χ1) is 22.9. The van der Waals surface area contributed by atoms with Crippen LogP contribution in [-0.4, -0.2) is 39.1 Å². The van der Waals surface area contributed by atoms with Crippen LogP contribution < -0.4 is 25.8 Å². The minimum absolute atomic E-state index is 0.00853. The number of benzene rings is 4. The molecule has 246 valence electrons. The summed E-state index contributed by atoms with van der Waals surface area (Å²) < 4.78 is 64.7. The van der Waals surface area contributed by atoms with Crippen LogP contribution in [0.15, 0.2) is 61.2 Å². The molecular weight excluding hydrogens is 683 g/mol. The minimum Gasteiger partial charge on any atom is -0.495 e. The number of nitro groups is 1. The van der Waals surface area contributed by atoms with Crippen molar-refractivity contribution < 1.29 is 32.0 Å². The molecule has 0 aliphatic rings. The predicted octanol–water partition coefficient (Wildman–Crippen LogP) is 8.12. The summed E-state index contributed by atoms with van der Waals surface area (Å²) in [6.07, 6.45) is 2.50. The van der Waals surface area contributed by atoms with Gasteiger partial charge in [-0.3, -0.25) is 10.1 Å². The number of nitrogen functional groups attached to an aromatic ring is 1. The van der Waals surface area contributed by atoms with Crippen molar-refractivity contribution in [3.05, 3.63) is 105 Å². The average Bonchev–Trinajstić information content (AvgIpc) is 3.08. The SMILES string of the molecule is COc1cc2ncnc(Nc3ccc(F)c(Cl)c3F)c2cc1N.COc1cc2ncnc(Nc3ccc(F)c(Cl)c3F)c2cc1[N+](=O)[O-]. The molecule has 18 heteroatoms. The monoisotopic (exact) mass is 702 g/mol. The lowest BCUT2D eigenvalue weighted by Crippen LogP contribution is -2.01. The van der Waals surface area contributed by atoms with Gasteiger partial charge in [0.1, 0.15) is 51.7 Å². The molecule has 4 N–H and O–H groups in total. The highest BCUT2D eigenvalue weighted by atomic mass is 35.5. The van der Waals surface area contributed by atoms with Crippen LogP contribution in [-0.2, 0) is 0 Å². The Labute approximate surface area is 277 Å². The molecule has 4 aromatic carbocycles. The summed E-state index contributed by atoms with van der Waals surface area (Å²) in [7, 11) is 2.79. The van der Waals surface area contributed by atoms with E-state index in [1.165, 1.54) is 45.1 Å². The van der Waals surface area contributed by atoms with E-state index in [2.05, 4.69) is 30.6 Å². The van der Waals surface area contributed by atoms with Crippen molar-refractivity contribution in [1.29, 1.82) is 0 Å². The molecular formula is C30H20Cl2F4N8O4. The quantitative estimate of drug-likeness (QED) is 0.0484. The number of nitrogens with zero attached hydrogens (tertiary/aromatic N) is 5. The second-order valence-corrected chi connectivity index (χ2v) is 10.3. The third-order valence-corrected chi connectivity index (χ3v) is 7.39. The molecule has 12 nitrogen and oxygen atoms in total. The smallest absolute Gasteiger partial charge is 0.311 e. The van der Waals surface area contributed by atoms with Gasteiger partial charge in [-0.25, -0.2) is 37.5 Å². The van der Waals surface area contributed by atoms with Crippen molar-refractivity contribution in [1.82, 2.24) is 19.9 Å². The molecule has 0 radical (unpaired) electrons. The Balaban J connectivity index is 0.000000188. The van der Waals surface area contributed by atoms with Crippen molar-refractivity contribution in [3.63, 3.8) is 0 Å². The molecule has 0 spiro atoms. The second kappa shape index (κ2) is 13.9. The molecule has 0 aliphatic heterocycles. The first-order valence-electron chi connectivity index (χ1n) is 13.3. The van der Waals surface area contributed by atoms with E-state index in [-0.39, 0.29) is 34.0 Å². The zero-order chi connectivity index (χ0) is 34.7. The first-order valence-corrected chi connectivity index (χ1v) is 14.0. The van der Waals surface area contributed by atoms with Gasteiger partial charge in [-0.1, -0.05) is 23.2 Å². The maximum atomic E-state index is 14.1. The van der Waals surface area contributed by atoms with Gasteiger partial charge in [0.15, 0.2) is 17.4 Å². The molecule has 0 unspecified atom stereocenters. The normalized spacial score (nSPS) is 10.8. The Morgan fingerprint density at radius 3 is 1.65 bits per heavy atom. The lowest BCUT2D eigenvalue weighted by Gasteiger charge is -2.12. The summed E-state index contributed by atoms with van der Waals surface area (Å²) >= 11 is 11.1. The van der Waals surface area contributed by atoms with E-state index in [1.807, 2.05) is 0 Å². The highest BCUT2D eigenvalue weighted by Crippen LogP contribution is 2.36. The number of hydrogen-bond donors (Lipinski definition) is 3. The zero-order valence-corrected chi connectivity index (χ0v) is 26.0. The molecule has 0 atom stereocenters. The van der Waals surface area contributed by atoms with Gasteiger partial charge in [-0.15, -0.1) is 0 Å². The van der Waals surface area contributed by atoms with Crippen LogP contribution in [0.3, 0.4) is 0 Å². The molecule has 0 fully saturated rings. The van der Waals surface area contributed by atoms with E-state index in [0.717, 1.165) is 18.2 Å². The number of nitrogens with two attached hydrogens (primary N) is 1. The summed E-state index contributed by atoms with van der Waals surface area (Å²) in [4.78, 5) is 26.7. The van der Waals surface area contributed by atoms with E-state index in [9.17, 15) is 27.7 Å². The Hall–Kier alpha value is -5.74. The number of nitrogens with one attached hydrogen (secondary N) is 2. The highest BCUT2D eigenvalue weighted by Gasteiger charge is 2.20. The fourth-order valence-electron chi connectivity index (χ4n) is 4.36. The molecule has 6 rings (SSSR count). The summed E-state index contributed by atoms with van der Waals surface area (Å²) in [5, 5.41) is 16.2. The Morgan fingerprint density at radius 1 is 0.729 bits per heavy atom. The molecule has 2 aromatic heterocycles. The van der Waals surface area contributed by atoms with Gasteiger partial charge >= 0.3 is 5.69 Å². The van der Waals surface area contributed by atoms with Gasteiger partial charge in [0.05, 0.1) is 52.6 Å². The maximum absolute atomic E-state index is 14.1.